The molecule has 0 aliphatic carbocycles. The molecule has 0 aromatic carbocycles. The molecular formula is C52H92NO9P. The third kappa shape index (κ3) is 47.2. The number of rotatable bonds is 44. The van der Waals surface area contributed by atoms with Crippen molar-refractivity contribution in [3.05, 3.63) is 72.9 Å². The van der Waals surface area contributed by atoms with E-state index in [1.54, 1.807) is 12.2 Å². The number of esters is 2. The van der Waals surface area contributed by atoms with Gasteiger partial charge < -0.3 is 33.0 Å². The predicted octanol–water partition coefficient (Wildman–Crippen LogP) is 12.9. The van der Waals surface area contributed by atoms with E-state index < -0.39 is 38.6 Å². The Kier molecular flexibility index (Phi) is 41.5. The van der Waals surface area contributed by atoms with E-state index >= 15 is 0 Å². The fourth-order valence-electron chi connectivity index (χ4n) is 6.44. The van der Waals surface area contributed by atoms with Gasteiger partial charge in [0.2, 0.25) is 0 Å². The first-order valence-corrected chi connectivity index (χ1v) is 26.2. The maximum atomic E-state index is 12.7. The molecule has 364 valence electrons. The van der Waals surface area contributed by atoms with Gasteiger partial charge in [-0.3, -0.25) is 14.2 Å². The van der Waals surface area contributed by atoms with Crippen LogP contribution in [0.25, 0.3) is 0 Å². The Morgan fingerprint density at radius 3 is 1.67 bits per heavy atom. The van der Waals surface area contributed by atoms with Crippen LogP contribution in [-0.2, 0) is 32.7 Å². The van der Waals surface area contributed by atoms with E-state index in [9.17, 15) is 24.2 Å². The van der Waals surface area contributed by atoms with E-state index in [0.29, 0.717) is 30.3 Å². The summed E-state index contributed by atoms with van der Waals surface area (Å²) < 4.78 is 33.8. The van der Waals surface area contributed by atoms with E-state index in [2.05, 4.69) is 62.5 Å². The zero-order valence-corrected chi connectivity index (χ0v) is 41.5. The smallest absolute Gasteiger partial charge is 0.306 e. The van der Waals surface area contributed by atoms with Gasteiger partial charge in [0.15, 0.2) is 6.10 Å². The van der Waals surface area contributed by atoms with Crippen molar-refractivity contribution in [2.24, 2.45) is 0 Å². The molecule has 11 heteroatoms. The van der Waals surface area contributed by atoms with Crippen molar-refractivity contribution in [1.82, 2.24) is 0 Å². The quantitative estimate of drug-likeness (QED) is 0.0158. The summed E-state index contributed by atoms with van der Waals surface area (Å²) in [4.78, 5) is 37.7. The number of unbranched alkanes of at least 4 members (excludes halogenated alkanes) is 17. The molecule has 0 fully saturated rings. The predicted molar refractivity (Wildman–Crippen MR) is 260 cm³/mol. The molecule has 0 rings (SSSR count). The summed E-state index contributed by atoms with van der Waals surface area (Å²) in [5.41, 5.74) is 0. The SMILES string of the molecule is CC/C=C\C/C=C\C/C=C\C/C=C\C=C\C(O)CCCC(=O)O[C@H](COC(=O)CCCCCCCCCCCCC/C=C\CCCCCCCC)COP(=O)([O-])OCC[N+](C)(C)C. The molecule has 0 aliphatic heterocycles. The average molecular weight is 906 g/mol. The van der Waals surface area contributed by atoms with Gasteiger partial charge in [-0.25, -0.2) is 0 Å². The topological polar surface area (TPSA) is 131 Å². The van der Waals surface area contributed by atoms with E-state index in [4.69, 9.17) is 18.5 Å². The molecule has 0 saturated heterocycles. The zero-order valence-electron chi connectivity index (χ0n) is 40.6. The first-order chi connectivity index (χ1) is 30.4. The molecule has 0 aliphatic rings. The molecule has 3 atom stereocenters. The van der Waals surface area contributed by atoms with Crippen LogP contribution in [0.3, 0.4) is 0 Å². The highest BCUT2D eigenvalue weighted by atomic mass is 31.2. The minimum atomic E-state index is -4.69. The summed E-state index contributed by atoms with van der Waals surface area (Å²) >= 11 is 0. The second kappa shape index (κ2) is 43.3. The number of carbonyl (C=O) groups excluding carboxylic acids is 2. The van der Waals surface area contributed by atoms with Crippen LogP contribution in [0.5, 0.6) is 0 Å². The van der Waals surface area contributed by atoms with Crippen LogP contribution in [0.2, 0.25) is 0 Å². The van der Waals surface area contributed by atoms with Crippen LogP contribution in [0.15, 0.2) is 72.9 Å². The molecule has 0 aromatic heterocycles. The van der Waals surface area contributed by atoms with E-state index in [1.807, 2.05) is 33.3 Å². The number of allylic oxidation sites excluding steroid dienone is 11. The molecule has 1 N–H and O–H groups in total. The Morgan fingerprint density at radius 1 is 0.603 bits per heavy atom. The molecule has 0 aromatic rings. The van der Waals surface area contributed by atoms with Gasteiger partial charge in [0.05, 0.1) is 33.9 Å². The lowest BCUT2D eigenvalue weighted by Gasteiger charge is -2.28. The maximum Gasteiger partial charge on any atom is 0.306 e. The normalized spacial score (nSPS) is 14.6. The Balaban J connectivity index is 4.43. The van der Waals surface area contributed by atoms with Crippen LogP contribution in [0.1, 0.15) is 187 Å². The van der Waals surface area contributed by atoms with Crippen LogP contribution in [0.4, 0.5) is 0 Å². The minimum absolute atomic E-state index is 0.00832. The molecule has 2 unspecified atom stereocenters. The number of nitrogens with zero attached hydrogens (tertiary/aromatic N) is 1. The number of quaternary nitrogens is 1. The van der Waals surface area contributed by atoms with Gasteiger partial charge in [0, 0.05) is 12.8 Å². The standard InChI is InChI=1S/C52H92NO9P/c1-6-8-10-12-14-16-18-20-21-22-23-24-25-26-27-29-31-33-35-37-39-43-51(55)59-47-50(48-61-63(57,58)60-46-45-53(3,4)5)62-52(56)44-40-42-49(54)41-38-36-34-32-30-28-19-17-15-13-11-9-7-2/h9,11,15,17,20-21,28,30,34,36,38,41,49-50,54H,6-8,10,12-14,16,18-19,22-27,29,31-33,35,37,39-40,42-48H2,1-5H3/b11-9-,17-15-,21-20-,30-28-,36-34-,41-38+/t49?,50-/m1/s1. The molecule has 0 radical (unpaired) electrons. The Labute approximate surface area is 385 Å². The van der Waals surface area contributed by atoms with E-state index in [-0.39, 0.29) is 26.1 Å². The molecule has 0 saturated carbocycles. The molecular weight excluding hydrogens is 814 g/mol. The first-order valence-electron chi connectivity index (χ1n) is 24.8. The zero-order chi connectivity index (χ0) is 46.5. The van der Waals surface area contributed by atoms with Crippen molar-refractivity contribution in [2.75, 3.05) is 47.5 Å². The van der Waals surface area contributed by atoms with Crippen molar-refractivity contribution in [3.63, 3.8) is 0 Å². The number of phosphoric acid groups is 1. The fourth-order valence-corrected chi connectivity index (χ4v) is 7.17. The summed E-state index contributed by atoms with van der Waals surface area (Å²) in [5, 5.41) is 10.3. The third-order valence-corrected chi connectivity index (χ3v) is 11.3. The first kappa shape index (κ1) is 60.4. The van der Waals surface area contributed by atoms with Crippen molar-refractivity contribution in [3.8, 4) is 0 Å². The summed E-state index contributed by atoms with van der Waals surface area (Å²) in [5.74, 6) is -1.04. The number of hydrogen-bond acceptors (Lipinski definition) is 9. The van der Waals surface area contributed by atoms with Crippen molar-refractivity contribution >= 4 is 19.8 Å². The van der Waals surface area contributed by atoms with Gasteiger partial charge in [0.25, 0.3) is 7.82 Å². The van der Waals surface area contributed by atoms with Gasteiger partial charge in [0.1, 0.15) is 19.8 Å². The van der Waals surface area contributed by atoms with Gasteiger partial charge >= 0.3 is 11.9 Å². The molecule has 0 spiro atoms. The van der Waals surface area contributed by atoms with Crippen LogP contribution >= 0.6 is 7.82 Å². The van der Waals surface area contributed by atoms with E-state index in [1.165, 1.54) is 96.3 Å². The van der Waals surface area contributed by atoms with Crippen LogP contribution in [0, 0.1) is 0 Å². The summed E-state index contributed by atoms with van der Waals surface area (Å²) in [6.45, 7) is 3.88. The molecule has 10 nitrogen and oxygen atoms in total. The monoisotopic (exact) mass is 906 g/mol. The number of carbonyl (C=O) groups is 2. The lowest BCUT2D eigenvalue weighted by molar-refractivity contribution is -0.870. The van der Waals surface area contributed by atoms with Gasteiger partial charge in [-0.15, -0.1) is 0 Å². The van der Waals surface area contributed by atoms with E-state index in [0.717, 1.165) is 44.9 Å². The van der Waals surface area contributed by atoms with Crippen molar-refractivity contribution in [2.45, 2.75) is 199 Å². The van der Waals surface area contributed by atoms with Crippen molar-refractivity contribution in [1.29, 1.82) is 0 Å². The second-order valence-electron chi connectivity index (χ2n) is 17.6. The number of ether oxygens (including phenoxy) is 2. The van der Waals surface area contributed by atoms with Crippen molar-refractivity contribution < 1.29 is 47.2 Å². The minimum Gasteiger partial charge on any atom is -0.756 e. The number of aliphatic hydroxyl groups is 1. The Bertz CT molecular complexity index is 1320. The highest BCUT2D eigenvalue weighted by molar-refractivity contribution is 7.45. The van der Waals surface area contributed by atoms with Gasteiger partial charge in [-0.2, -0.15) is 0 Å². The average Bonchev–Trinajstić information content (AvgIpc) is 3.23. The van der Waals surface area contributed by atoms with Crippen LogP contribution in [-0.4, -0.2) is 81.2 Å². The highest BCUT2D eigenvalue weighted by Gasteiger charge is 2.22. The molecule has 0 amide bonds. The Hall–Kier alpha value is -2.59. The van der Waals surface area contributed by atoms with Gasteiger partial charge in [-0.1, -0.05) is 177 Å². The third-order valence-electron chi connectivity index (χ3n) is 10.3. The Morgan fingerprint density at radius 2 is 1.11 bits per heavy atom. The summed E-state index contributed by atoms with van der Waals surface area (Å²) in [7, 11) is 1.04. The summed E-state index contributed by atoms with van der Waals surface area (Å²) in [6.07, 6.45) is 51.1. The number of phosphoric ester groups is 1. The molecule has 0 bridgehead atoms. The highest BCUT2D eigenvalue weighted by Crippen LogP contribution is 2.38. The number of hydrogen-bond donors (Lipinski definition) is 1. The lowest BCUT2D eigenvalue weighted by Crippen LogP contribution is -2.37. The molecule has 0 heterocycles. The number of aliphatic hydroxyl groups excluding tert-OH is 1. The largest absolute Gasteiger partial charge is 0.756 e. The fraction of sp³-hybridized carbons (Fsp3) is 0.731. The number of likely N-dealkylation sites (N-methyl/N-ethyl adjacent to an activating group) is 1. The lowest BCUT2D eigenvalue weighted by atomic mass is 10.0. The second-order valence-corrected chi connectivity index (χ2v) is 19.1. The van der Waals surface area contributed by atoms with Gasteiger partial charge in [-0.05, 0) is 70.6 Å². The van der Waals surface area contributed by atoms with Crippen LogP contribution < -0.4 is 4.89 Å². The molecule has 63 heavy (non-hydrogen) atoms. The summed E-state index contributed by atoms with van der Waals surface area (Å²) in [6, 6.07) is 0. The maximum absolute atomic E-state index is 12.7.